The summed E-state index contributed by atoms with van der Waals surface area (Å²) in [6.45, 7) is 4.21. The van der Waals surface area contributed by atoms with E-state index in [1.807, 2.05) is 12.1 Å². The summed E-state index contributed by atoms with van der Waals surface area (Å²) < 4.78 is 5.92. The maximum absolute atomic E-state index is 11.5. The molecule has 2 aliphatic heterocycles. The molecule has 148 valence electrons. The second-order valence-electron chi connectivity index (χ2n) is 8.04. The monoisotopic (exact) mass is 378 g/mol. The minimum Gasteiger partial charge on any atom is -0.493 e. The topological polar surface area (TPSA) is 41.6 Å². The third kappa shape index (κ3) is 5.14. The zero-order chi connectivity index (χ0) is 19.2. The Balaban J connectivity index is 1.15. The summed E-state index contributed by atoms with van der Waals surface area (Å²) in [4.78, 5) is 14.1. The molecule has 28 heavy (non-hydrogen) atoms. The van der Waals surface area contributed by atoms with E-state index in [1.165, 1.54) is 43.5 Å². The van der Waals surface area contributed by atoms with E-state index < -0.39 is 0 Å². The van der Waals surface area contributed by atoms with E-state index in [0.717, 1.165) is 43.3 Å². The van der Waals surface area contributed by atoms with E-state index in [-0.39, 0.29) is 5.91 Å². The van der Waals surface area contributed by atoms with Gasteiger partial charge in [-0.25, -0.2) is 0 Å². The fourth-order valence-corrected chi connectivity index (χ4v) is 4.28. The molecule has 0 radical (unpaired) electrons. The summed E-state index contributed by atoms with van der Waals surface area (Å²) >= 11 is 0. The highest BCUT2D eigenvalue weighted by Gasteiger charge is 2.19. The van der Waals surface area contributed by atoms with Crippen LogP contribution in [0.25, 0.3) is 0 Å². The molecular formula is C24H30N2O2. The second kappa shape index (κ2) is 9.24. The van der Waals surface area contributed by atoms with Gasteiger partial charge in [-0.3, -0.25) is 4.79 Å². The number of likely N-dealkylation sites (tertiary alicyclic amines) is 1. The molecule has 4 rings (SSSR count). The molecule has 0 saturated carbocycles. The van der Waals surface area contributed by atoms with Crippen LogP contribution in [0.5, 0.6) is 5.75 Å². The molecule has 4 nitrogen and oxygen atoms in total. The highest BCUT2D eigenvalue weighted by Crippen LogP contribution is 2.27. The van der Waals surface area contributed by atoms with Crippen molar-refractivity contribution in [2.24, 2.45) is 5.92 Å². The van der Waals surface area contributed by atoms with E-state index in [1.54, 1.807) is 0 Å². The third-order valence-corrected chi connectivity index (χ3v) is 5.94. The summed E-state index contributed by atoms with van der Waals surface area (Å²) in [6, 6.07) is 16.9. The van der Waals surface area contributed by atoms with Crippen molar-refractivity contribution in [3.8, 4) is 5.75 Å². The Kier molecular flexibility index (Phi) is 6.27. The maximum atomic E-state index is 11.5. The molecule has 2 heterocycles. The summed E-state index contributed by atoms with van der Waals surface area (Å²) in [5, 5.41) is 2.94. The summed E-state index contributed by atoms with van der Waals surface area (Å²) in [7, 11) is 0. The number of carbonyl (C=O) groups is 1. The molecule has 2 aromatic rings. The fourth-order valence-electron chi connectivity index (χ4n) is 4.28. The minimum atomic E-state index is 0.0975. The van der Waals surface area contributed by atoms with Gasteiger partial charge < -0.3 is 15.0 Å². The molecule has 4 heteroatoms. The van der Waals surface area contributed by atoms with Gasteiger partial charge >= 0.3 is 0 Å². The van der Waals surface area contributed by atoms with Gasteiger partial charge in [-0.15, -0.1) is 0 Å². The number of hydrogen-bond donors (Lipinski definition) is 1. The number of nitrogens with zero attached hydrogens (tertiary/aromatic N) is 1. The van der Waals surface area contributed by atoms with Crippen molar-refractivity contribution < 1.29 is 9.53 Å². The molecule has 1 N–H and O–H groups in total. The molecule has 0 aliphatic carbocycles. The van der Waals surface area contributed by atoms with Gasteiger partial charge in [0.2, 0.25) is 5.91 Å². The van der Waals surface area contributed by atoms with E-state index >= 15 is 0 Å². The Bertz CT molecular complexity index is 782. The fraction of sp³-hybridized carbons (Fsp3) is 0.458. The first-order valence-electron chi connectivity index (χ1n) is 10.6. The lowest BCUT2D eigenvalue weighted by Gasteiger charge is -2.32. The molecule has 1 amide bonds. The molecule has 0 spiro atoms. The Morgan fingerprint density at radius 3 is 2.68 bits per heavy atom. The number of anilines is 1. The van der Waals surface area contributed by atoms with Gasteiger partial charge in [-0.1, -0.05) is 36.4 Å². The van der Waals surface area contributed by atoms with Crippen molar-refractivity contribution in [1.82, 2.24) is 4.90 Å². The molecule has 1 saturated heterocycles. The number of aryl methyl sites for hydroxylation is 1. The Labute approximate surface area is 167 Å². The van der Waals surface area contributed by atoms with Gasteiger partial charge in [-0.05, 0) is 68.3 Å². The summed E-state index contributed by atoms with van der Waals surface area (Å²) in [5.41, 5.74) is 3.58. The average Bonchev–Trinajstić information content (AvgIpc) is 2.73. The van der Waals surface area contributed by atoms with Gasteiger partial charge in [0.05, 0.1) is 6.61 Å². The maximum Gasteiger partial charge on any atom is 0.224 e. The van der Waals surface area contributed by atoms with Crippen LogP contribution in [0.3, 0.4) is 0 Å². The van der Waals surface area contributed by atoms with Crippen LogP contribution in [-0.2, 0) is 17.6 Å². The standard InChI is InChI=1S/C24H30N2O2/c27-24-10-8-21-7-9-22(18-23(21)25-24)28-16-4-13-26-14-11-20(12-15-26)17-19-5-2-1-3-6-19/h1-3,5-7,9,18,20H,4,8,10-17H2,(H,25,27). The summed E-state index contributed by atoms with van der Waals surface area (Å²) in [6.07, 6.45) is 6.23. The summed E-state index contributed by atoms with van der Waals surface area (Å²) in [5.74, 6) is 1.77. The number of ether oxygens (including phenoxy) is 1. The molecule has 0 atom stereocenters. The minimum absolute atomic E-state index is 0.0975. The van der Waals surface area contributed by atoms with Crippen LogP contribution in [-0.4, -0.2) is 37.0 Å². The number of nitrogens with one attached hydrogen (secondary N) is 1. The number of fused-ring (bicyclic) bond motifs is 1. The average molecular weight is 379 g/mol. The van der Waals surface area contributed by atoms with Crippen molar-refractivity contribution >= 4 is 11.6 Å². The zero-order valence-electron chi connectivity index (χ0n) is 16.5. The first kappa shape index (κ1) is 19.0. The van der Waals surface area contributed by atoms with Crippen molar-refractivity contribution in [2.45, 2.75) is 38.5 Å². The van der Waals surface area contributed by atoms with Gasteiger partial charge in [0, 0.05) is 24.7 Å². The Morgan fingerprint density at radius 2 is 1.86 bits per heavy atom. The van der Waals surface area contributed by atoms with E-state index in [0.29, 0.717) is 6.42 Å². The van der Waals surface area contributed by atoms with Crippen LogP contribution in [0.4, 0.5) is 5.69 Å². The lowest BCUT2D eigenvalue weighted by Crippen LogP contribution is -2.35. The number of amides is 1. The number of rotatable bonds is 7. The predicted molar refractivity (Wildman–Crippen MR) is 113 cm³/mol. The Hall–Kier alpha value is -2.33. The normalized spacial score (nSPS) is 17.8. The van der Waals surface area contributed by atoms with Crippen LogP contribution in [0.2, 0.25) is 0 Å². The second-order valence-corrected chi connectivity index (χ2v) is 8.04. The van der Waals surface area contributed by atoms with Gasteiger partial charge in [-0.2, -0.15) is 0 Å². The van der Waals surface area contributed by atoms with Crippen molar-refractivity contribution in [1.29, 1.82) is 0 Å². The van der Waals surface area contributed by atoms with Crippen molar-refractivity contribution in [3.63, 3.8) is 0 Å². The molecular weight excluding hydrogens is 348 g/mol. The molecule has 0 unspecified atom stereocenters. The number of carbonyl (C=O) groups excluding carboxylic acids is 1. The highest BCUT2D eigenvalue weighted by atomic mass is 16.5. The lowest BCUT2D eigenvalue weighted by molar-refractivity contribution is -0.116. The SMILES string of the molecule is O=C1CCc2ccc(OCCCN3CCC(Cc4ccccc4)CC3)cc2N1. The Morgan fingerprint density at radius 1 is 1.04 bits per heavy atom. The smallest absolute Gasteiger partial charge is 0.224 e. The number of benzene rings is 2. The van der Waals surface area contributed by atoms with Crippen LogP contribution in [0, 0.1) is 5.92 Å². The van der Waals surface area contributed by atoms with E-state index in [4.69, 9.17) is 4.74 Å². The zero-order valence-corrected chi connectivity index (χ0v) is 16.5. The van der Waals surface area contributed by atoms with Gasteiger partial charge in [0.1, 0.15) is 5.75 Å². The first-order chi connectivity index (χ1) is 13.8. The van der Waals surface area contributed by atoms with Gasteiger partial charge in [0.15, 0.2) is 0 Å². The molecule has 0 aromatic heterocycles. The van der Waals surface area contributed by atoms with Crippen molar-refractivity contribution in [3.05, 3.63) is 59.7 Å². The lowest BCUT2D eigenvalue weighted by atomic mass is 9.90. The van der Waals surface area contributed by atoms with Crippen LogP contribution in [0.1, 0.15) is 36.8 Å². The van der Waals surface area contributed by atoms with Crippen molar-refractivity contribution in [2.75, 3.05) is 31.6 Å². The van der Waals surface area contributed by atoms with Crippen LogP contribution < -0.4 is 10.1 Å². The highest BCUT2D eigenvalue weighted by molar-refractivity contribution is 5.94. The number of piperidine rings is 1. The van der Waals surface area contributed by atoms with E-state index in [9.17, 15) is 4.79 Å². The van der Waals surface area contributed by atoms with Crippen LogP contribution >= 0.6 is 0 Å². The molecule has 2 aromatic carbocycles. The predicted octanol–water partition coefficient (Wildman–Crippen LogP) is 4.29. The van der Waals surface area contributed by atoms with Gasteiger partial charge in [0.25, 0.3) is 0 Å². The molecule has 1 fully saturated rings. The third-order valence-electron chi connectivity index (χ3n) is 5.94. The quantitative estimate of drug-likeness (QED) is 0.731. The largest absolute Gasteiger partial charge is 0.493 e. The van der Waals surface area contributed by atoms with E-state index in [2.05, 4.69) is 46.6 Å². The number of hydrogen-bond acceptors (Lipinski definition) is 3. The first-order valence-corrected chi connectivity index (χ1v) is 10.6. The molecule has 2 aliphatic rings. The van der Waals surface area contributed by atoms with Crippen LogP contribution in [0.15, 0.2) is 48.5 Å². The molecule has 0 bridgehead atoms.